The molecule has 3 aromatic rings. The third kappa shape index (κ3) is 3.50. The van der Waals surface area contributed by atoms with Crippen LogP contribution in [0.2, 0.25) is 0 Å². The molecule has 0 bridgehead atoms. The maximum absolute atomic E-state index is 13.3. The van der Waals surface area contributed by atoms with Crippen molar-refractivity contribution >= 4 is 23.4 Å². The number of ether oxygens (including phenoxy) is 2. The Morgan fingerprint density at radius 2 is 2.07 bits per heavy atom. The van der Waals surface area contributed by atoms with Gasteiger partial charge in [-0.1, -0.05) is 23.5 Å². The number of fused-ring (bicyclic) bond motifs is 1. The van der Waals surface area contributed by atoms with Crippen molar-refractivity contribution in [1.29, 1.82) is 0 Å². The number of thiazole rings is 1. The van der Waals surface area contributed by atoms with Gasteiger partial charge >= 0.3 is 5.97 Å². The largest absolute Gasteiger partial charge is 0.497 e. The molecule has 0 saturated carbocycles. The minimum atomic E-state index is -0.641. The fourth-order valence-corrected chi connectivity index (χ4v) is 4.45. The van der Waals surface area contributed by atoms with Crippen molar-refractivity contribution in [2.24, 2.45) is 4.99 Å². The molecule has 1 aliphatic rings. The van der Waals surface area contributed by atoms with Crippen molar-refractivity contribution in [3.05, 3.63) is 84.9 Å². The fraction of sp³-hybridized carbons (Fsp3) is 0.227. The Morgan fingerprint density at radius 1 is 1.30 bits per heavy atom. The van der Waals surface area contributed by atoms with Gasteiger partial charge in [-0.2, -0.15) is 0 Å². The van der Waals surface area contributed by atoms with Gasteiger partial charge in [0.2, 0.25) is 0 Å². The van der Waals surface area contributed by atoms with E-state index in [4.69, 9.17) is 13.9 Å². The second-order valence-electron chi connectivity index (χ2n) is 6.63. The molecule has 154 valence electrons. The number of furan rings is 1. The molecule has 4 rings (SSSR count). The summed E-state index contributed by atoms with van der Waals surface area (Å²) in [6.07, 6.45) is 4.86. The van der Waals surface area contributed by atoms with Gasteiger partial charge in [-0.15, -0.1) is 0 Å². The van der Waals surface area contributed by atoms with E-state index >= 15 is 0 Å². The molecular weight excluding hydrogens is 404 g/mol. The van der Waals surface area contributed by atoms with Crippen LogP contribution in [0.3, 0.4) is 0 Å². The Balaban J connectivity index is 1.95. The Morgan fingerprint density at radius 3 is 2.70 bits per heavy atom. The molecule has 0 N–H and O–H groups in total. The highest BCUT2D eigenvalue weighted by atomic mass is 32.1. The van der Waals surface area contributed by atoms with E-state index in [0.717, 1.165) is 11.1 Å². The monoisotopic (exact) mass is 424 g/mol. The number of methoxy groups -OCH3 is 1. The van der Waals surface area contributed by atoms with Crippen molar-refractivity contribution in [3.8, 4) is 5.75 Å². The molecule has 0 spiro atoms. The van der Waals surface area contributed by atoms with Crippen LogP contribution in [0.25, 0.3) is 6.08 Å². The number of allylic oxidation sites excluding steroid dienone is 1. The standard InChI is InChI=1S/C22H20N2O5S/c1-4-29-21(26)18-13(2)23-22-24(19(18)15-5-7-16(27-3)8-6-15)20(25)17(30-22)11-14-9-10-28-12-14/h5-12,19H,4H2,1-3H3/b17-11+/t19-/m1/s1. The van der Waals surface area contributed by atoms with E-state index in [9.17, 15) is 9.59 Å². The zero-order valence-electron chi connectivity index (χ0n) is 16.7. The molecule has 7 nitrogen and oxygen atoms in total. The van der Waals surface area contributed by atoms with Crippen molar-refractivity contribution in [2.75, 3.05) is 13.7 Å². The number of carbonyl (C=O) groups excluding carboxylic acids is 1. The molecule has 0 saturated heterocycles. The minimum Gasteiger partial charge on any atom is -0.497 e. The number of nitrogens with zero attached hydrogens (tertiary/aromatic N) is 2. The molecule has 0 radical (unpaired) electrons. The molecule has 0 unspecified atom stereocenters. The number of esters is 1. The Bertz CT molecular complexity index is 1280. The van der Waals surface area contributed by atoms with Gasteiger partial charge in [-0.25, -0.2) is 9.79 Å². The first kappa shape index (κ1) is 19.9. The van der Waals surface area contributed by atoms with Gasteiger partial charge in [-0.3, -0.25) is 9.36 Å². The molecule has 0 amide bonds. The van der Waals surface area contributed by atoms with Crippen molar-refractivity contribution in [3.63, 3.8) is 0 Å². The molecule has 2 aromatic heterocycles. The van der Waals surface area contributed by atoms with E-state index in [1.165, 1.54) is 11.3 Å². The summed E-state index contributed by atoms with van der Waals surface area (Å²) in [6, 6.07) is 8.42. The van der Waals surface area contributed by atoms with Gasteiger partial charge in [0.1, 0.15) is 5.75 Å². The summed E-state index contributed by atoms with van der Waals surface area (Å²) in [7, 11) is 1.59. The predicted octanol–water partition coefficient (Wildman–Crippen LogP) is 2.40. The third-order valence-electron chi connectivity index (χ3n) is 4.79. The van der Waals surface area contributed by atoms with Crippen LogP contribution in [-0.2, 0) is 9.53 Å². The van der Waals surface area contributed by atoms with E-state index in [0.29, 0.717) is 26.4 Å². The van der Waals surface area contributed by atoms with E-state index in [1.807, 2.05) is 12.1 Å². The van der Waals surface area contributed by atoms with Crippen LogP contribution in [-0.4, -0.2) is 24.3 Å². The van der Waals surface area contributed by atoms with Gasteiger partial charge < -0.3 is 13.9 Å². The topological polar surface area (TPSA) is 83.0 Å². The van der Waals surface area contributed by atoms with Crippen LogP contribution in [0.5, 0.6) is 5.75 Å². The summed E-state index contributed by atoms with van der Waals surface area (Å²) in [5, 5.41) is 0. The summed E-state index contributed by atoms with van der Waals surface area (Å²) in [6.45, 7) is 3.74. The van der Waals surface area contributed by atoms with Crippen LogP contribution in [0.15, 0.2) is 68.3 Å². The molecule has 1 aliphatic heterocycles. The molecule has 8 heteroatoms. The van der Waals surface area contributed by atoms with Crippen LogP contribution < -0.4 is 19.6 Å². The molecule has 0 aliphatic carbocycles. The fourth-order valence-electron chi connectivity index (χ4n) is 3.40. The van der Waals surface area contributed by atoms with E-state index in [-0.39, 0.29) is 12.2 Å². The average molecular weight is 424 g/mol. The van der Waals surface area contributed by atoms with Crippen LogP contribution in [0.4, 0.5) is 0 Å². The van der Waals surface area contributed by atoms with Crippen molar-refractivity contribution in [1.82, 2.24) is 4.57 Å². The quantitative estimate of drug-likeness (QED) is 0.588. The van der Waals surface area contributed by atoms with Gasteiger partial charge in [0.15, 0.2) is 4.80 Å². The molecule has 0 fully saturated rings. The zero-order chi connectivity index (χ0) is 21.3. The summed E-state index contributed by atoms with van der Waals surface area (Å²) >= 11 is 1.27. The number of carbonyl (C=O) groups is 1. The number of benzene rings is 1. The molecule has 1 aromatic carbocycles. The highest BCUT2D eigenvalue weighted by Gasteiger charge is 2.33. The van der Waals surface area contributed by atoms with Crippen molar-refractivity contribution in [2.45, 2.75) is 19.9 Å². The highest BCUT2D eigenvalue weighted by Crippen LogP contribution is 2.31. The summed E-state index contributed by atoms with van der Waals surface area (Å²) in [5.41, 5.74) is 2.21. The second kappa shape index (κ2) is 8.16. The first-order valence-corrected chi connectivity index (χ1v) is 10.2. The molecule has 3 heterocycles. The normalized spacial score (nSPS) is 16.2. The first-order valence-electron chi connectivity index (χ1n) is 9.39. The van der Waals surface area contributed by atoms with Gasteiger partial charge in [0, 0.05) is 5.56 Å². The maximum Gasteiger partial charge on any atom is 0.338 e. The minimum absolute atomic E-state index is 0.227. The Kier molecular flexibility index (Phi) is 5.41. The summed E-state index contributed by atoms with van der Waals surface area (Å²) in [4.78, 5) is 31.2. The molecule has 30 heavy (non-hydrogen) atoms. The Hall–Kier alpha value is -3.39. The van der Waals surface area contributed by atoms with E-state index in [1.54, 1.807) is 62.3 Å². The predicted molar refractivity (Wildman–Crippen MR) is 112 cm³/mol. The molecule has 1 atom stereocenters. The van der Waals surface area contributed by atoms with Gasteiger partial charge in [-0.05, 0) is 43.7 Å². The zero-order valence-corrected chi connectivity index (χ0v) is 17.6. The second-order valence-corrected chi connectivity index (χ2v) is 7.64. The lowest BCUT2D eigenvalue weighted by Crippen LogP contribution is -2.39. The van der Waals surface area contributed by atoms with Crippen LogP contribution in [0.1, 0.15) is 31.0 Å². The van der Waals surface area contributed by atoms with Crippen LogP contribution in [0, 0.1) is 0 Å². The van der Waals surface area contributed by atoms with E-state index in [2.05, 4.69) is 4.99 Å². The smallest absolute Gasteiger partial charge is 0.338 e. The number of aromatic nitrogens is 1. The lowest BCUT2D eigenvalue weighted by Gasteiger charge is -2.24. The highest BCUT2D eigenvalue weighted by molar-refractivity contribution is 7.07. The SMILES string of the molecule is CCOC(=O)C1=C(C)N=c2s/c(=C/c3ccoc3)c(=O)n2[C@@H]1c1ccc(OC)cc1. The van der Waals surface area contributed by atoms with Gasteiger partial charge in [0.25, 0.3) is 5.56 Å². The number of rotatable bonds is 5. The average Bonchev–Trinajstić information content (AvgIpc) is 3.36. The summed E-state index contributed by atoms with van der Waals surface area (Å²) < 4.78 is 17.7. The number of hydrogen-bond acceptors (Lipinski definition) is 7. The number of hydrogen-bond donors (Lipinski definition) is 0. The van der Waals surface area contributed by atoms with Gasteiger partial charge in [0.05, 0.1) is 48.1 Å². The third-order valence-corrected chi connectivity index (χ3v) is 5.77. The van der Waals surface area contributed by atoms with Crippen LogP contribution >= 0.6 is 11.3 Å². The summed E-state index contributed by atoms with van der Waals surface area (Å²) in [5.74, 6) is 0.202. The van der Waals surface area contributed by atoms with E-state index < -0.39 is 12.0 Å². The lowest BCUT2D eigenvalue weighted by molar-refractivity contribution is -0.139. The molecular formula is C22H20N2O5S. The Labute approximate surface area is 176 Å². The lowest BCUT2D eigenvalue weighted by atomic mass is 9.96. The van der Waals surface area contributed by atoms with Crippen molar-refractivity contribution < 1.29 is 18.7 Å². The first-order chi connectivity index (χ1) is 14.5. The maximum atomic E-state index is 13.3.